The van der Waals surface area contributed by atoms with Crippen molar-refractivity contribution in [1.29, 1.82) is 0 Å². The summed E-state index contributed by atoms with van der Waals surface area (Å²) >= 11 is 0. The summed E-state index contributed by atoms with van der Waals surface area (Å²) in [5.41, 5.74) is -5.14. The molecule has 1 atom stereocenters. The molecule has 0 amide bonds. The molecule has 1 saturated carbocycles. The fraction of sp³-hybridized carbons (Fsp3) is 0.647. The van der Waals surface area contributed by atoms with Crippen molar-refractivity contribution in [3.05, 3.63) is 29.7 Å². The summed E-state index contributed by atoms with van der Waals surface area (Å²) in [5.74, 6) is -3.87. The van der Waals surface area contributed by atoms with E-state index in [4.69, 9.17) is 23.9 Å². The van der Waals surface area contributed by atoms with Crippen molar-refractivity contribution in [2.24, 2.45) is 0 Å². The Hall–Kier alpha value is -1.06. The number of likely N-dealkylation sites (N-methyl/N-ethyl adjacent to an activating group) is 1. The molecule has 1 aliphatic carbocycles. The molecule has 3 heteroatoms. The first-order chi connectivity index (χ1) is 15.4. The number of rotatable bonds is 5. The minimum absolute atomic E-state index is 0.556. The fourth-order valence-corrected chi connectivity index (χ4v) is 1.70. The van der Waals surface area contributed by atoms with Gasteiger partial charge in [0.05, 0.1) is 18.2 Å². The van der Waals surface area contributed by atoms with Gasteiger partial charge in [-0.1, -0.05) is 31.2 Å². The zero-order chi connectivity index (χ0) is 28.0. The molecular weight excluding hydrogens is 250 g/mol. The lowest BCUT2D eigenvalue weighted by Crippen LogP contribution is -2.42. The average molecular weight is 292 g/mol. The van der Waals surface area contributed by atoms with Gasteiger partial charge in [-0.2, -0.15) is 0 Å². The Labute approximate surface area is 143 Å². The summed E-state index contributed by atoms with van der Waals surface area (Å²) in [6, 6.07) is -3.73. The van der Waals surface area contributed by atoms with Crippen molar-refractivity contribution in [3.63, 3.8) is 0 Å². The second-order valence-electron chi connectivity index (χ2n) is 4.46. The molecule has 1 N–H and O–H groups in total. The summed E-state index contributed by atoms with van der Waals surface area (Å²) in [5, 5.41) is 11.9. The van der Waals surface area contributed by atoms with Crippen LogP contribution in [0.15, 0.2) is 24.2 Å². The van der Waals surface area contributed by atoms with Crippen molar-refractivity contribution in [3.8, 4) is 5.75 Å². The topological polar surface area (TPSA) is 32.7 Å². The van der Waals surface area contributed by atoms with Crippen LogP contribution in [0.2, 0.25) is 0 Å². The van der Waals surface area contributed by atoms with Crippen LogP contribution in [-0.2, 0) is 0 Å². The first-order valence-corrected chi connectivity index (χ1v) is 5.90. The van der Waals surface area contributed by atoms with Gasteiger partial charge in [0, 0.05) is 27.5 Å². The Balaban J connectivity index is 3.23. The van der Waals surface area contributed by atoms with Crippen molar-refractivity contribution in [2.75, 3.05) is 27.7 Å². The van der Waals surface area contributed by atoms with E-state index >= 15 is 0 Å². The van der Waals surface area contributed by atoms with E-state index < -0.39 is 85.4 Å². The van der Waals surface area contributed by atoms with Crippen LogP contribution in [0.1, 0.15) is 63.9 Å². The zero-order valence-electron chi connectivity index (χ0n) is 26.5. The fourth-order valence-electron chi connectivity index (χ4n) is 1.70. The van der Waals surface area contributed by atoms with E-state index in [1.54, 1.807) is 0 Å². The van der Waals surface area contributed by atoms with E-state index in [2.05, 4.69) is 0 Å². The van der Waals surface area contributed by atoms with E-state index in [0.29, 0.717) is 0 Å². The molecule has 3 nitrogen and oxygen atoms in total. The van der Waals surface area contributed by atoms with E-state index in [0.717, 1.165) is 12.0 Å². The van der Waals surface area contributed by atoms with E-state index in [1.165, 1.54) is 14.1 Å². The number of aliphatic hydroxyl groups is 1. The number of hydrogen-bond acceptors (Lipinski definition) is 3. The number of methoxy groups -OCH3 is 1. The Morgan fingerprint density at radius 3 is 2.45 bits per heavy atom. The van der Waals surface area contributed by atoms with Crippen molar-refractivity contribution >= 4 is 0 Å². The van der Waals surface area contributed by atoms with Gasteiger partial charge in [-0.3, -0.25) is 0 Å². The zero-order valence-corrected chi connectivity index (χ0v) is 11.5. The van der Waals surface area contributed by atoms with E-state index in [9.17, 15) is 6.48 Å². The van der Waals surface area contributed by atoms with Crippen LogP contribution in [0.3, 0.4) is 0 Å². The number of hydrogen-bond donors (Lipinski definition) is 1. The van der Waals surface area contributed by atoms with Gasteiger partial charge in [0.15, 0.2) is 0 Å². The van der Waals surface area contributed by atoms with E-state index in [-0.39, 0.29) is 0 Å². The molecule has 0 radical (unpaired) electrons. The second-order valence-corrected chi connectivity index (χ2v) is 4.46. The van der Waals surface area contributed by atoms with Crippen molar-refractivity contribution < 1.29 is 30.4 Å². The van der Waals surface area contributed by atoms with Gasteiger partial charge in [0.1, 0.15) is 5.75 Å². The molecule has 0 saturated heterocycles. The van der Waals surface area contributed by atoms with Crippen LogP contribution in [0.25, 0.3) is 0 Å². The van der Waals surface area contributed by atoms with Crippen LogP contribution >= 0.6 is 0 Å². The summed E-state index contributed by atoms with van der Waals surface area (Å²) in [4.78, 5) is 1.11. The molecule has 0 heterocycles. The molecule has 1 aromatic carbocycles. The number of ether oxygens (including phenoxy) is 1. The van der Waals surface area contributed by atoms with Gasteiger partial charge in [-0.15, -0.1) is 0 Å². The largest absolute Gasteiger partial charge is 0.497 e. The Morgan fingerprint density at radius 1 is 1.35 bits per heavy atom. The van der Waals surface area contributed by atoms with Gasteiger partial charge in [-0.05, 0) is 44.5 Å². The molecule has 0 bridgehead atoms. The molecule has 112 valence electrons. The highest BCUT2D eigenvalue weighted by Crippen LogP contribution is 2.40. The molecule has 1 aromatic rings. The Bertz CT molecular complexity index is 966. The summed E-state index contributed by atoms with van der Waals surface area (Å²) in [6.07, 6.45) is -19.8. The van der Waals surface area contributed by atoms with Crippen LogP contribution < -0.4 is 4.74 Å². The summed E-state index contributed by atoms with van der Waals surface area (Å²) < 4.78 is 130. The third-order valence-corrected chi connectivity index (χ3v) is 2.63. The van der Waals surface area contributed by atoms with Crippen LogP contribution in [0.5, 0.6) is 5.75 Å². The molecule has 0 aromatic heterocycles. The predicted octanol–water partition coefficient (Wildman–Crippen LogP) is 3.04. The highest BCUT2D eigenvalue weighted by Gasteiger charge is 2.38. The molecule has 1 fully saturated rings. The van der Waals surface area contributed by atoms with Gasteiger partial charge >= 0.3 is 0 Å². The van der Waals surface area contributed by atoms with Gasteiger partial charge in [0.2, 0.25) is 0 Å². The quantitative estimate of drug-likeness (QED) is 0.905. The van der Waals surface area contributed by atoms with Gasteiger partial charge < -0.3 is 14.7 Å². The normalized spacial score (nSPS) is 45.0. The van der Waals surface area contributed by atoms with Crippen molar-refractivity contribution in [1.82, 2.24) is 4.90 Å². The monoisotopic (exact) mass is 292 g/mol. The Morgan fingerprint density at radius 2 is 1.95 bits per heavy atom. The van der Waals surface area contributed by atoms with E-state index in [1.807, 2.05) is 0 Å². The Kier molecular flexibility index (Phi) is 1.65. The highest BCUT2D eigenvalue weighted by molar-refractivity contribution is 5.31. The third kappa shape index (κ3) is 3.53. The van der Waals surface area contributed by atoms with Crippen LogP contribution in [0.4, 0.5) is 0 Å². The SMILES string of the molecule is [2H]c1c([2H])c([C@@]([2H])(CN(C)C)C2(O)C([2H])([2H])C([2H])([2H])C([2H])([2H])C([2H])([2H])C2([2H])[2H])c([2H])c([2H])c1OC. The van der Waals surface area contributed by atoms with Crippen molar-refractivity contribution in [2.45, 2.75) is 43.4 Å². The van der Waals surface area contributed by atoms with Crippen LogP contribution in [0, 0.1) is 0 Å². The minimum atomic E-state index is -4.10. The summed E-state index contributed by atoms with van der Waals surface area (Å²) in [6.45, 7) is -0.930. The van der Waals surface area contributed by atoms with Gasteiger partial charge in [-0.25, -0.2) is 0 Å². The molecule has 0 aliphatic heterocycles. The maximum Gasteiger partial charge on any atom is 0.118 e. The maximum atomic E-state index is 11.9. The predicted molar refractivity (Wildman–Crippen MR) is 82.3 cm³/mol. The molecular formula is C17H27NO2. The smallest absolute Gasteiger partial charge is 0.118 e. The molecule has 20 heavy (non-hydrogen) atoms. The van der Waals surface area contributed by atoms with Gasteiger partial charge in [0.25, 0.3) is 0 Å². The number of nitrogens with zero attached hydrogens (tertiary/aromatic N) is 1. The highest BCUT2D eigenvalue weighted by atomic mass is 16.5. The second kappa shape index (κ2) is 6.59. The molecule has 0 unspecified atom stereocenters. The van der Waals surface area contributed by atoms with Crippen LogP contribution in [-0.4, -0.2) is 43.4 Å². The minimum Gasteiger partial charge on any atom is -0.497 e. The first-order valence-electron chi connectivity index (χ1n) is 13.4. The number of benzene rings is 1. The lowest BCUT2D eigenvalue weighted by Gasteiger charge is -2.40. The third-order valence-electron chi connectivity index (χ3n) is 2.63. The maximum absolute atomic E-state index is 11.9. The molecule has 2 rings (SSSR count). The molecule has 0 spiro atoms. The lowest BCUT2D eigenvalue weighted by atomic mass is 9.72. The summed E-state index contributed by atoms with van der Waals surface area (Å²) in [7, 11) is 3.64. The molecule has 1 aliphatic rings. The average Bonchev–Trinajstić information content (AvgIpc) is 2.70. The first kappa shape index (κ1) is 4.99. The lowest BCUT2D eigenvalue weighted by molar-refractivity contribution is -0.0277. The standard InChI is InChI=1S/C17H27NO2/c1-18(2)13-16(17(19)11-5-4-6-12-17)14-7-9-15(20-3)10-8-14/h7-10,16,19H,4-6,11-13H2,1-3H3/t16-/m1/s1/i4D2,5D2,6D2,7D,8D,9D,10D,11D2,12D2,16D.